The second-order valence-electron chi connectivity index (χ2n) is 5.06. The van der Waals surface area contributed by atoms with Crippen molar-refractivity contribution in [2.75, 3.05) is 18.0 Å². The monoisotopic (exact) mass is 305 g/mol. The van der Waals surface area contributed by atoms with E-state index >= 15 is 0 Å². The standard InChI is InChI=1S/C15H19N3O4/c19-13(20)7-4-9-16-15(22)17-12-8-10-18(14(12)21)11-5-2-1-3-6-11/h1-3,5-6,12H,4,7-10H2,(H,19,20)(H2,16,17,22). The van der Waals surface area contributed by atoms with Crippen molar-refractivity contribution in [1.82, 2.24) is 10.6 Å². The summed E-state index contributed by atoms with van der Waals surface area (Å²) < 4.78 is 0. The van der Waals surface area contributed by atoms with Crippen LogP contribution in [-0.4, -0.2) is 42.1 Å². The number of benzene rings is 1. The molecule has 1 aliphatic heterocycles. The van der Waals surface area contributed by atoms with Gasteiger partial charge in [-0.05, 0) is 25.0 Å². The average molecular weight is 305 g/mol. The van der Waals surface area contributed by atoms with Crippen LogP contribution in [0.5, 0.6) is 0 Å². The third-order valence-corrected chi connectivity index (χ3v) is 3.43. The lowest BCUT2D eigenvalue weighted by atomic mass is 10.2. The number of carbonyl (C=O) groups excluding carboxylic acids is 2. The second kappa shape index (κ2) is 7.44. The van der Waals surface area contributed by atoms with Crippen LogP contribution in [0.2, 0.25) is 0 Å². The number of carbonyl (C=O) groups is 3. The average Bonchev–Trinajstić information content (AvgIpc) is 2.85. The van der Waals surface area contributed by atoms with Gasteiger partial charge in [0.2, 0.25) is 5.91 Å². The quantitative estimate of drug-likeness (QED) is 0.682. The number of nitrogens with zero attached hydrogens (tertiary/aromatic N) is 1. The number of hydrogen-bond acceptors (Lipinski definition) is 3. The fraction of sp³-hybridized carbons (Fsp3) is 0.400. The zero-order valence-electron chi connectivity index (χ0n) is 12.1. The Balaban J connectivity index is 1.78. The van der Waals surface area contributed by atoms with Gasteiger partial charge in [0.1, 0.15) is 6.04 Å². The number of hydrogen-bond donors (Lipinski definition) is 3. The molecule has 1 fully saturated rings. The highest BCUT2D eigenvalue weighted by atomic mass is 16.4. The van der Waals surface area contributed by atoms with Crippen molar-refractivity contribution in [3.8, 4) is 0 Å². The zero-order valence-corrected chi connectivity index (χ0v) is 12.1. The number of amides is 3. The molecule has 0 aliphatic carbocycles. The topological polar surface area (TPSA) is 98.7 Å². The molecule has 7 nitrogen and oxygen atoms in total. The fourth-order valence-electron chi connectivity index (χ4n) is 2.33. The van der Waals surface area contributed by atoms with Gasteiger partial charge in [-0.2, -0.15) is 0 Å². The number of nitrogens with one attached hydrogen (secondary N) is 2. The van der Waals surface area contributed by atoms with Crippen molar-refractivity contribution in [2.45, 2.75) is 25.3 Å². The van der Waals surface area contributed by atoms with E-state index in [4.69, 9.17) is 5.11 Å². The van der Waals surface area contributed by atoms with E-state index in [2.05, 4.69) is 10.6 Å². The Hall–Kier alpha value is -2.57. The Morgan fingerprint density at radius 2 is 2.00 bits per heavy atom. The van der Waals surface area contributed by atoms with Gasteiger partial charge >= 0.3 is 12.0 Å². The number of aliphatic carboxylic acids is 1. The number of rotatable bonds is 6. The van der Waals surface area contributed by atoms with E-state index in [1.165, 1.54) is 0 Å². The highest BCUT2D eigenvalue weighted by Crippen LogP contribution is 2.20. The smallest absolute Gasteiger partial charge is 0.315 e. The molecular weight excluding hydrogens is 286 g/mol. The molecule has 0 saturated carbocycles. The third kappa shape index (κ3) is 4.21. The highest BCUT2D eigenvalue weighted by molar-refractivity contribution is 6.01. The summed E-state index contributed by atoms with van der Waals surface area (Å²) in [6.07, 6.45) is 0.915. The van der Waals surface area contributed by atoms with E-state index in [1.54, 1.807) is 4.90 Å². The van der Waals surface area contributed by atoms with Crippen molar-refractivity contribution >= 4 is 23.6 Å². The van der Waals surface area contributed by atoms with Crippen LogP contribution in [0, 0.1) is 0 Å². The van der Waals surface area contributed by atoms with Crippen LogP contribution in [0.15, 0.2) is 30.3 Å². The summed E-state index contributed by atoms with van der Waals surface area (Å²) in [5, 5.41) is 13.7. The summed E-state index contributed by atoms with van der Waals surface area (Å²) in [6, 6.07) is 8.32. The third-order valence-electron chi connectivity index (χ3n) is 3.43. The van der Waals surface area contributed by atoms with Gasteiger partial charge in [0.25, 0.3) is 0 Å². The summed E-state index contributed by atoms with van der Waals surface area (Å²) in [5.41, 5.74) is 0.818. The number of carboxylic acids is 1. The maximum Gasteiger partial charge on any atom is 0.315 e. The van der Waals surface area contributed by atoms with Crippen molar-refractivity contribution in [1.29, 1.82) is 0 Å². The van der Waals surface area contributed by atoms with Crippen LogP contribution in [0.4, 0.5) is 10.5 Å². The minimum Gasteiger partial charge on any atom is -0.481 e. The molecule has 0 bridgehead atoms. The normalized spacial score (nSPS) is 17.4. The molecule has 7 heteroatoms. The van der Waals surface area contributed by atoms with Crippen LogP contribution in [0.1, 0.15) is 19.3 Å². The molecule has 1 aromatic carbocycles. The summed E-state index contributed by atoms with van der Waals surface area (Å²) in [6.45, 7) is 0.828. The molecule has 1 unspecified atom stereocenters. The molecule has 1 aromatic rings. The largest absolute Gasteiger partial charge is 0.481 e. The first-order valence-electron chi connectivity index (χ1n) is 7.20. The highest BCUT2D eigenvalue weighted by Gasteiger charge is 2.33. The van der Waals surface area contributed by atoms with Gasteiger partial charge in [-0.1, -0.05) is 18.2 Å². The van der Waals surface area contributed by atoms with E-state index < -0.39 is 18.0 Å². The zero-order chi connectivity index (χ0) is 15.9. The summed E-state index contributed by atoms with van der Waals surface area (Å²) in [5.74, 6) is -1.03. The molecule has 3 N–H and O–H groups in total. The Morgan fingerprint density at radius 3 is 2.68 bits per heavy atom. The molecule has 3 amide bonds. The Bertz CT molecular complexity index is 547. The molecule has 22 heavy (non-hydrogen) atoms. The van der Waals surface area contributed by atoms with Crippen molar-refractivity contribution in [2.24, 2.45) is 0 Å². The van der Waals surface area contributed by atoms with Gasteiger partial charge < -0.3 is 20.6 Å². The van der Waals surface area contributed by atoms with E-state index in [0.29, 0.717) is 19.4 Å². The van der Waals surface area contributed by atoms with Gasteiger partial charge in [-0.15, -0.1) is 0 Å². The molecule has 0 radical (unpaired) electrons. The second-order valence-corrected chi connectivity index (χ2v) is 5.06. The van der Waals surface area contributed by atoms with Gasteiger partial charge in [0, 0.05) is 25.2 Å². The SMILES string of the molecule is O=C(O)CCCNC(=O)NC1CCN(c2ccccc2)C1=O. The van der Waals surface area contributed by atoms with E-state index in [9.17, 15) is 14.4 Å². The number of para-hydroxylation sites is 1. The van der Waals surface area contributed by atoms with Gasteiger partial charge in [0.05, 0.1) is 0 Å². The molecule has 0 aromatic heterocycles. The first kappa shape index (κ1) is 15.8. The molecular formula is C15H19N3O4. The molecule has 1 saturated heterocycles. The van der Waals surface area contributed by atoms with Crippen LogP contribution >= 0.6 is 0 Å². The Kier molecular flexibility index (Phi) is 5.35. The van der Waals surface area contributed by atoms with Crippen LogP contribution in [0.3, 0.4) is 0 Å². The first-order valence-corrected chi connectivity index (χ1v) is 7.20. The molecule has 1 atom stereocenters. The van der Waals surface area contributed by atoms with E-state index in [1.807, 2.05) is 30.3 Å². The minimum absolute atomic E-state index is 0.00439. The van der Waals surface area contributed by atoms with Crippen molar-refractivity contribution < 1.29 is 19.5 Å². The van der Waals surface area contributed by atoms with Gasteiger partial charge in [-0.3, -0.25) is 9.59 Å². The number of urea groups is 1. The predicted octanol–water partition coefficient (Wildman–Crippen LogP) is 0.956. The lowest BCUT2D eigenvalue weighted by molar-refractivity contribution is -0.137. The maximum atomic E-state index is 12.3. The van der Waals surface area contributed by atoms with E-state index in [0.717, 1.165) is 5.69 Å². The molecule has 0 spiro atoms. The number of carboxylic acid groups (broad SMARTS) is 1. The van der Waals surface area contributed by atoms with Crippen LogP contribution in [-0.2, 0) is 9.59 Å². The van der Waals surface area contributed by atoms with Gasteiger partial charge in [-0.25, -0.2) is 4.79 Å². The molecule has 1 heterocycles. The molecule has 2 rings (SSSR count). The van der Waals surface area contributed by atoms with Crippen molar-refractivity contribution in [3.05, 3.63) is 30.3 Å². The van der Waals surface area contributed by atoms with E-state index in [-0.39, 0.29) is 18.9 Å². The maximum absolute atomic E-state index is 12.3. The first-order chi connectivity index (χ1) is 10.6. The summed E-state index contributed by atoms with van der Waals surface area (Å²) in [4.78, 5) is 36.0. The Labute approximate surface area is 128 Å². The minimum atomic E-state index is -0.897. The summed E-state index contributed by atoms with van der Waals surface area (Å²) in [7, 11) is 0. The lowest BCUT2D eigenvalue weighted by Gasteiger charge is -2.17. The summed E-state index contributed by atoms with van der Waals surface area (Å²) >= 11 is 0. The van der Waals surface area contributed by atoms with Crippen molar-refractivity contribution in [3.63, 3.8) is 0 Å². The molecule has 1 aliphatic rings. The van der Waals surface area contributed by atoms with Gasteiger partial charge in [0.15, 0.2) is 0 Å². The molecule has 118 valence electrons. The van der Waals surface area contributed by atoms with Crippen LogP contribution < -0.4 is 15.5 Å². The fourth-order valence-corrected chi connectivity index (χ4v) is 2.33. The Morgan fingerprint density at radius 1 is 1.27 bits per heavy atom. The lowest BCUT2D eigenvalue weighted by Crippen LogP contribution is -2.46. The van der Waals surface area contributed by atoms with Crippen LogP contribution in [0.25, 0.3) is 0 Å². The predicted molar refractivity (Wildman–Crippen MR) is 80.6 cm³/mol. The number of anilines is 1.